The van der Waals surface area contributed by atoms with Gasteiger partial charge in [0.1, 0.15) is 5.78 Å². The van der Waals surface area contributed by atoms with E-state index in [-0.39, 0.29) is 5.78 Å². The molecule has 2 nitrogen and oxygen atoms in total. The van der Waals surface area contributed by atoms with E-state index in [0.717, 1.165) is 24.9 Å². The van der Waals surface area contributed by atoms with Crippen LogP contribution in [0.4, 0.5) is 0 Å². The van der Waals surface area contributed by atoms with Gasteiger partial charge in [0.05, 0.1) is 0 Å². The number of ketones is 1. The molecule has 2 unspecified atom stereocenters. The van der Waals surface area contributed by atoms with Crippen molar-refractivity contribution >= 4 is 5.78 Å². The first-order valence-electron chi connectivity index (χ1n) is 11.4. The van der Waals surface area contributed by atoms with Gasteiger partial charge >= 0.3 is 0 Å². The molecule has 1 aliphatic rings. The van der Waals surface area contributed by atoms with Crippen molar-refractivity contribution in [3.63, 3.8) is 0 Å². The Morgan fingerprint density at radius 1 is 0.760 bits per heavy atom. The monoisotopic (exact) mass is 351 g/mol. The maximum absolute atomic E-state index is 10.8. The fourth-order valence-electron chi connectivity index (χ4n) is 3.96. The summed E-state index contributed by atoms with van der Waals surface area (Å²) in [5.41, 5.74) is 0. The van der Waals surface area contributed by atoms with Crippen molar-refractivity contribution < 1.29 is 4.79 Å². The van der Waals surface area contributed by atoms with Crippen LogP contribution in [0.15, 0.2) is 0 Å². The predicted octanol–water partition coefficient (Wildman–Crippen LogP) is 6.67. The molecular formula is C23H45NO. The third kappa shape index (κ3) is 14.5. The van der Waals surface area contributed by atoms with Crippen LogP contribution in [-0.2, 0) is 4.79 Å². The fourth-order valence-corrected chi connectivity index (χ4v) is 3.96. The molecule has 0 aromatic carbocycles. The van der Waals surface area contributed by atoms with Crippen molar-refractivity contribution in [3.8, 4) is 0 Å². The smallest absolute Gasteiger partial charge is 0.131 e. The minimum absolute atomic E-state index is 0.289. The number of unbranched alkanes of at least 4 members (excludes halogenated alkanes) is 10. The Bertz CT molecular complexity index is 315. The number of hydrogen-bond donors (Lipinski definition) is 1. The number of hydrogen-bond acceptors (Lipinski definition) is 2. The second-order valence-electron chi connectivity index (χ2n) is 8.42. The Kier molecular flexibility index (Phi) is 14.4. The first-order valence-corrected chi connectivity index (χ1v) is 11.4. The molecule has 0 bridgehead atoms. The summed E-state index contributed by atoms with van der Waals surface area (Å²) in [6.45, 7) is 5.90. The molecule has 0 aromatic rings. The highest BCUT2D eigenvalue weighted by Crippen LogP contribution is 2.45. The van der Waals surface area contributed by atoms with Gasteiger partial charge in [-0.05, 0) is 38.1 Å². The van der Waals surface area contributed by atoms with Gasteiger partial charge in [0.2, 0.25) is 0 Å². The van der Waals surface area contributed by atoms with Gasteiger partial charge in [0.25, 0.3) is 0 Å². The summed E-state index contributed by atoms with van der Waals surface area (Å²) in [7, 11) is 0. The quantitative estimate of drug-likeness (QED) is 0.263. The van der Waals surface area contributed by atoms with Crippen LogP contribution >= 0.6 is 0 Å². The highest BCUT2D eigenvalue weighted by atomic mass is 16.1. The minimum atomic E-state index is 0.289. The molecule has 2 atom stereocenters. The summed E-state index contributed by atoms with van der Waals surface area (Å²) in [5.74, 6) is 2.49. The molecule has 0 radical (unpaired) electrons. The highest BCUT2D eigenvalue weighted by molar-refractivity contribution is 5.75. The van der Waals surface area contributed by atoms with E-state index in [4.69, 9.17) is 0 Å². The lowest BCUT2D eigenvalue weighted by molar-refractivity contribution is -0.116. The minimum Gasteiger partial charge on any atom is -0.316 e. The van der Waals surface area contributed by atoms with E-state index < -0.39 is 0 Å². The van der Waals surface area contributed by atoms with Gasteiger partial charge in [-0.3, -0.25) is 4.79 Å². The third-order valence-corrected chi connectivity index (χ3v) is 5.83. The summed E-state index contributed by atoms with van der Waals surface area (Å²) in [6.07, 6.45) is 22.3. The molecule has 0 amide bonds. The summed E-state index contributed by atoms with van der Waals surface area (Å²) in [5, 5.41) is 3.36. The van der Waals surface area contributed by atoms with Gasteiger partial charge in [0, 0.05) is 13.0 Å². The van der Waals surface area contributed by atoms with Gasteiger partial charge in [0.15, 0.2) is 0 Å². The van der Waals surface area contributed by atoms with Crippen LogP contribution in [-0.4, -0.2) is 18.9 Å². The molecule has 0 spiro atoms. The Morgan fingerprint density at radius 2 is 1.28 bits per heavy atom. The molecule has 0 aromatic heterocycles. The summed E-state index contributed by atoms with van der Waals surface area (Å²) >= 11 is 0. The van der Waals surface area contributed by atoms with E-state index in [0.29, 0.717) is 6.42 Å². The zero-order chi connectivity index (χ0) is 18.2. The van der Waals surface area contributed by atoms with Crippen LogP contribution < -0.4 is 5.32 Å². The Labute approximate surface area is 157 Å². The third-order valence-electron chi connectivity index (χ3n) is 5.83. The normalized spacial score (nSPS) is 19.3. The van der Waals surface area contributed by atoms with Crippen molar-refractivity contribution in [1.82, 2.24) is 5.32 Å². The lowest BCUT2D eigenvalue weighted by Crippen LogP contribution is -2.18. The second-order valence-corrected chi connectivity index (χ2v) is 8.42. The van der Waals surface area contributed by atoms with Crippen LogP contribution in [0.5, 0.6) is 0 Å². The van der Waals surface area contributed by atoms with Crippen molar-refractivity contribution in [3.05, 3.63) is 0 Å². The summed E-state index contributed by atoms with van der Waals surface area (Å²) < 4.78 is 0. The van der Waals surface area contributed by atoms with Crippen molar-refractivity contribution in [2.24, 2.45) is 11.8 Å². The standard InChI is InChI=1S/C23H45NO/c1-3-4-5-6-9-12-15-22-20-23(22)16-13-10-7-8-11-14-18-24-19-17-21(2)25/h22-24H,3-20H2,1-2H3. The number of rotatable bonds is 19. The predicted molar refractivity (Wildman–Crippen MR) is 110 cm³/mol. The Morgan fingerprint density at radius 3 is 1.84 bits per heavy atom. The molecule has 2 heteroatoms. The molecule has 0 saturated heterocycles. The molecular weight excluding hydrogens is 306 g/mol. The maximum Gasteiger partial charge on any atom is 0.131 e. The topological polar surface area (TPSA) is 29.1 Å². The van der Waals surface area contributed by atoms with Crippen molar-refractivity contribution in [2.45, 2.75) is 117 Å². The molecule has 148 valence electrons. The largest absolute Gasteiger partial charge is 0.316 e. The highest BCUT2D eigenvalue weighted by Gasteiger charge is 2.34. The number of carbonyl (C=O) groups excluding carboxylic acids is 1. The molecule has 1 fully saturated rings. The molecule has 1 saturated carbocycles. The lowest BCUT2D eigenvalue weighted by atomic mass is 10.0. The van der Waals surface area contributed by atoms with E-state index in [1.165, 1.54) is 89.9 Å². The lowest BCUT2D eigenvalue weighted by Gasteiger charge is -2.04. The average molecular weight is 352 g/mol. The van der Waals surface area contributed by atoms with Crippen LogP contribution in [0.25, 0.3) is 0 Å². The Hall–Kier alpha value is -0.370. The van der Waals surface area contributed by atoms with Crippen LogP contribution in [0.3, 0.4) is 0 Å². The van der Waals surface area contributed by atoms with Crippen LogP contribution in [0.1, 0.15) is 117 Å². The first kappa shape index (κ1) is 22.7. The molecule has 1 N–H and O–H groups in total. The van der Waals surface area contributed by atoms with Gasteiger partial charge in [-0.25, -0.2) is 0 Å². The van der Waals surface area contributed by atoms with E-state index in [9.17, 15) is 4.79 Å². The number of Topliss-reactive ketones (excluding diaryl/α,β-unsaturated/α-hetero) is 1. The fraction of sp³-hybridized carbons (Fsp3) is 0.957. The van der Waals surface area contributed by atoms with Crippen LogP contribution in [0, 0.1) is 11.8 Å². The van der Waals surface area contributed by atoms with E-state index >= 15 is 0 Å². The van der Waals surface area contributed by atoms with Crippen molar-refractivity contribution in [2.75, 3.05) is 13.1 Å². The molecule has 1 rings (SSSR count). The van der Waals surface area contributed by atoms with E-state index in [1.54, 1.807) is 13.3 Å². The molecule has 25 heavy (non-hydrogen) atoms. The number of nitrogens with one attached hydrogen (secondary N) is 1. The summed E-state index contributed by atoms with van der Waals surface area (Å²) in [6, 6.07) is 0. The van der Waals surface area contributed by atoms with Gasteiger partial charge < -0.3 is 5.32 Å². The zero-order valence-electron chi connectivity index (χ0n) is 17.3. The number of carbonyl (C=O) groups is 1. The molecule has 0 heterocycles. The maximum atomic E-state index is 10.8. The molecule has 1 aliphatic carbocycles. The zero-order valence-corrected chi connectivity index (χ0v) is 17.3. The van der Waals surface area contributed by atoms with E-state index in [2.05, 4.69) is 12.2 Å². The van der Waals surface area contributed by atoms with Gasteiger partial charge in [-0.1, -0.05) is 90.4 Å². The summed E-state index contributed by atoms with van der Waals surface area (Å²) in [4.78, 5) is 10.8. The Balaban J connectivity index is 1.72. The average Bonchev–Trinajstić information content (AvgIpc) is 3.34. The van der Waals surface area contributed by atoms with Gasteiger partial charge in [-0.2, -0.15) is 0 Å². The van der Waals surface area contributed by atoms with Crippen LogP contribution in [0.2, 0.25) is 0 Å². The van der Waals surface area contributed by atoms with Crippen molar-refractivity contribution in [1.29, 1.82) is 0 Å². The van der Waals surface area contributed by atoms with Gasteiger partial charge in [-0.15, -0.1) is 0 Å². The SMILES string of the molecule is CCCCCCCCC1CC1CCCCCCCCNCCC(C)=O. The second kappa shape index (κ2) is 15.9. The molecule has 0 aliphatic heterocycles. The van der Waals surface area contributed by atoms with E-state index in [1.807, 2.05) is 0 Å². The first-order chi connectivity index (χ1) is 12.2.